The Kier molecular flexibility index (Phi) is 3.13. The highest BCUT2D eigenvalue weighted by molar-refractivity contribution is 5.95. The van der Waals surface area contributed by atoms with Crippen molar-refractivity contribution in [3.05, 3.63) is 18.0 Å². The first kappa shape index (κ1) is 10.3. The van der Waals surface area contributed by atoms with Crippen molar-refractivity contribution >= 4 is 5.78 Å². The van der Waals surface area contributed by atoms with Gasteiger partial charge in [-0.3, -0.25) is 9.48 Å². The molecule has 1 aromatic heterocycles. The maximum absolute atomic E-state index is 11.7. The van der Waals surface area contributed by atoms with Gasteiger partial charge in [-0.2, -0.15) is 5.10 Å². The van der Waals surface area contributed by atoms with Gasteiger partial charge in [0, 0.05) is 12.7 Å². The smallest absolute Gasteiger partial charge is 0.171 e. The first-order valence-corrected chi connectivity index (χ1v) is 5.08. The molecule has 1 fully saturated rings. The van der Waals surface area contributed by atoms with Gasteiger partial charge in [-0.1, -0.05) is 0 Å². The van der Waals surface area contributed by atoms with E-state index in [-0.39, 0.29) is 18.5 Å². The van der Waals surface area contributed by atoms with Crippen LogP contribution in [0.25, 0.3) is 0 Å². The Balaban J connectivity index is 1.94. The van der Waals surface area contributed by atoms with Gasteiger partial charge in [-0.25, -0.2) is 0 Å². The van der Waals surface area contributed by atoms with Crippen molar-refractivity contribution in [3.8, 4) is 0 Å². The van der Waals surface area contributed by atoms with Crippen LogP contribution in [0.4, 0.5) is 0 Å². The molecule has 1 saturated heterocycles. The van der Waals surface area contributed by atoms with E-state index in [2.05, 4.69) is 5.10 Å². The second-order valence-corrected chi connectivity index (χ2v) is 3.38. The summed E-state index contributed by atoms with van der Waals surface area (Å²) >= 11 is 0. The lowest BCUT2D eigenvalue weighted by Crippen LogP contribution is -2.14. The van der Waals surface area contributed by atoms with Crippen molar-refractivity contribution in [2.24, 2.45) is 0 Å². The van der Waals surface area contributed by atoms with Crippen LogP contribution < -0.4 is 0 Å². The molecule has 0 spiro atoms. The van der Waals surface area contributed by atoms with Crippen LogP contribution in [0.5, 0.6) is 0 Å². The number of carbonyl (C=O) groups is 1. The SMILES string of the molecule is CCn1cc(C(=O)CC2OCCO2)cn1. The predicted octanol–water partition coefficient (Wildman–Crippen LogP) is 0.849. The highest BCUT2D eigenvalue weighted by atomic mass is 16.7. The van der Waals surface area contributed by atoms with Crippen LogP contribution >= 0.6 is 0 Å². The Bertz CT molecular complexity index is 342. The molecule has 2 heterocycles. The molecule has 82 valence electrons. The molecule has 0 bridgehead atoms. The molecule has 0 aromatic carbocycles. The lowest BCUT2D eigenvalue weighted by molar-refractivity contribution is -0.0407. The summed E-state index contributed by atoms with van der Waals surface area (Å²) in [7, 11) is 0. The average molecular weight is 210 g/mol. The minimum atomic E-state index is -0.373. The summed E-state index contributed by atoms with van der Waals surface area (Å²) in [6.45, 7) is 3.90. The molecule has 1 aromatic rings. The van der Waals surface area contributed by atoms with Crippen molar-refractivity contribution in [1.29, 1.82) is 0 Å². The lowest BCUT2D eigenvalue weighted by atomic mass is 10.2. The summed E-state index contributed by atoms with van der Waals surface area (Å²) in [5.41, 5.74) is 0.621. The summed E-state index contributed by atoms with van der Waals surface area (Å²) in [6, 6.07) is 0. The second-order valence-electron chi connectivity index (χ2n) is 3.38. The first-order chi connectivity index (χ1) is 7.29. The number of nitrogens with zero attached hydrogens (tertiary/aromatic N) is 2. The lowest BCUT2D eigenvalue weighted by Gasteiger charge is -2.05. The molecule has 2 rings (SSSR count). The van der Waals surface area contributed by atoms with Gasteiger partial charge >= 0.3 is 0 Å². The fourth-order valence-corrected chi connectivity index (χ4v) is 1.47. The Labute approximate surface area is 88.0 Å². The fourth-order valence-electron chi connectivity index (χ4n) is 1.47. The Morgan fingerprint density at radius 2 is 2.33 bits per heavy atom. The summed E-state index contributed by atoms with van der Waals surface area (Å²) in [5, 5.41) is 4.04. The molecule has 5 nitrogen and oxygen atoms in total. The minimum absolute atomic E-state index is 0.0154. The topological polar surface area (TPSA) is 53.4 Å². The standard InChI is InChI=1S/C10H14N2O3/c1-2-12-7-8(6-11-12)9(13)5-10-14-3-4-15-10/h6-7,10H,2-5H2,1H3. The van der Waals surface area contributed by atoms with Gasteiger partial charge in [0.2, 0.25) is 0 Å². The Morgan fingerprint density at radius 1 is 1.60 bits per heavy atom. The van der Waals surface area contributed by atoms with Crippen molar-refractivity contribution in [2.75, 3.05) is 13.2 Å². The Morgan fingerprint density at radius 3 is 2.93 bits per heavy atom. The van der Waals surface area contributed by atoms with E-state index in [1.165, 1.54) is 0 Å². The highest BCUT2D eigenvalue weighted by Crippen LogP contribution is 2.12. The molecule has 15 heavy (non-hydrogen) atoms. The number of carbonyl (C=O) groups excluding carboxylic acids is 1. The maximum Gasteiger partial charge on any atom is 0.171 e. The van der Waals surface area contributed by atoms with Gasteiger partial charge in [0.1, 0.15) is 0 Å². The van der Waals surface area contributed by atoms with Crippen LogP contribution in [0.3, 0.4) is 0 Å². The number of hydrogen-bond donors (Lipinski definition) is 0. The molecule has 5 heteroatoms. The second kappa shape index (κ2) is 4.55. The fraction of sp³-hybridized carbons (Fsp3) is 0.600. The molecule has 0 amide bonds. The zero-order valence-corrected chi connectivity index (χ0v) is 8.68. The third-order valence-electron chi connectivity index (χ3n) is 2.32. The van der Waals surface area contributed by atoms with Crippen LogP contribution in [0.2, 0.25) is 0 Å². The average Bonchev–Trinajstić information content (AvgIpc) is 2.86. The quantitative estimate of drug-likeness (QED) is 0.691. The van der Waals surface area contributed by atoms with Gasteiger partial charge in [0.15, 0.2) is 12.1 Å². The largest absolute Gasteiger partial charge is 0.350 e. The van der Waals surface area contributed by atoms with E-state index in [0.717, 1.165) is 6.54 Å². The minimum Gasteiger partial charge on any atom is -0.350 e. The number of ketones is 1. The Hall–Kier alpha value is -1.20. The van der Waals surface area contributed by atoms with Crippen LogP contribution in [0.15, 0.2) is 12.4 Å². The van der Waals surface area contributed by atoms with Crippen LogP contribution in [-0.4, -0.2) is 35.1 Å². The van der Waals surface area contributed by atoms with E-state index in [4.69, 9.17) is 9.47 Å². The van der Waals surface area contributed by atoms with Gasteiger partial charge in [0.05, 0.1) is 31.4 Å². The van der Waals surface area contributed by atoms with E-state index < -0.39 is 0 Å². The van der Waals surface area contributed by atoms with Gasteiger partial charge < -0.3 is 9.47 Å². The summed E-state index contributed by atoms with van der Waals surface area (Å²) in [5.74, 6) is 0.0154. The molecule has 1 aliphatic rings. The molecule has 0 atom stereocenters. The van der Waals surface area contributed by atoms with Gasteiger partial charge in [0.25, 0.3) is 0 Å². The highest BCUT2D eigenvalue weighted by Gasteiger charge is 2.21. The molecular weight excluding hydrogens is 196 g/mol. The van der Waals surface area contributed by atoms with E-state index in [0.29, 0.717) is 18.8 Å². The summed E-state index contributed by atoms with van der Waals surface area (Å²) < 4.78 is 12.1. The van der Waals surface area contributed by atoms with E-state index in [1.54, 1.807) is 17.1 Å². The van der Waals surface area contributed by atoms with Crippen molar-refractivity contribution in [1.82, 2.24) is 9.78 Å². The van der Waals surface area contributed by atoms with Crippen LogP contribution in [0, 0.1) is 0 Å². The molecule has 0 aliphatic carbocycles. The van der Waals surface area contributed by atoms with Crippen molar-refractivity contribution in [2.45, 2.75) is 26.2 Å². The van der Waals surface area contributed by atoms with E-state index in [9.17, 15) is 4.79 Å². The van der Waals surface area contributed by atoms with Crippen molar-refractivity contribution < 1.29 is 14.3 Å². The molecule has 0 radical (unpaired) electrons. The zero-order chi connectivity index (χ0) is 10.7. The van der Waals surface area contributed by atoms with Gasteiger partial charge in [-0.15, -0.1) is 0 Å². The third kappa shape index (κ3) is 2.43. The van der Waals surface area contributed by atoms with Crippen LogP contribution in [-0.2, 0) is 16.0 Å². The van der Waals surface area contributed by atoms with Crippen LogP contribution in [0.1, 0.15) is 23.7 Å². The van der Waals surface area contributed by atoms with Gasteiger partial charge in [-0.05, 0) is 6.92 Å². The number of aromatic nitrogens is 2. The van der Waals surface area contributed by atoms with Crippen molar-refractivity contribution in [3.63, 3.8) is 0 Å². The monoisotopic (exact) mass is 210 g/mol. The number of aryl methyl sites for hydroxylation is 1. The molecule has 0 saturated carbocycles. The van der Waals surface area contributed by atoms with E-state index >= 15 is 0 Å². The number of ether oxygens (including phenoxy) is 2. The molecular formula is C10H14N2O3. The maximum atomic E-state index is 11.7. The first-order valence-electron chi connectivity index (χ1n) is 5.08. The molecule has 0 N–H and O–H groups in total. The number of Topliss-reactive ketones (excluding diaryl/α,β-unsaturated/α-hetero) is 1. The molecule has 0 unspecified atom stereocenters. The normalized spacial score (nSPS) is 17.1. The summed E-state index contributed by atoms with van der Waals surface area (Å²) in [4.78, 5) is 11.7. The zero-order valence-electron chi connectivity index (χ0n) is 8.68. The molecule has 1 aliphatic heterocycles. The summed E-state index contributed by atoms with van der Waals surface area (Å²) in [6.07, 6.45) is 3.23. The van der Waals surface area contributed by atoms with E-state index in [1.807, 2.05) is 6.92 Å². The third-order valence-corrected chi connectivity index (χ3v) is 2.32. The number of hydrogen-bond acceptors (Lipinski definition) is 4. The number of rotatable bonds is 4. The predicted molar refractivity (Wildman–Crippen MR) is 52.5 cm³/mol.